The van der Waals surface area contributed by atoms with E-state index in [2.05, 4.69) is 21.2 Å². The summed E-state index contributed by atoms with van der Waals surface area (Å²) in [6.07, 6.45) is 0.916. The molecule has 0 aliphatic heterocycles. The first-order valence-corrected chi connectivity index (χ1v) is 3.49. The normalized spacial score (nSPS) is 12.9. The molecule has 0 aromatic heterocycles. The van der Waals surface area contributed by atoms with E-state index in [4.69, 9.17) is 0 Å². The van der Waals surface area contributed by atoms with Crippen LogP contribution in [0.15, 0.2) is 0 Å². The average molecular weight is 180 g/mol. The Bertz CT molecular complexity index is 84.5. The summed E-state index contributed by atoms with van der Waals surface area (Å²) in [5, 5.41) is 2.67. The van der Waals surface area contributed by atoms with E-state index in [-0.39, 0.29) is 10.9 Å². The smallest absolute Gasteiger partial charge is 0.217 e. The highest BCUT2D eigenvalue weighted by Gasteiger charge is 1.98. The Morgan fingerprint density at radius 2 is 2.38 bits per heavy atom. The number of rotatable bonds is 2. The van der Waals surface area contributed by atoms with Crippen LogP contribution in [0.25, 0.3) is 0 Å². The molecule has 8 heavy (non-hydrogen) atoms. The molecule has 0 saturated heterocycles. The Balaban J connectivity index is 3.24. The first kappa shape index (κ1) is 7.95. The number of alkyl halides is 1. The van der Waals surface area contributed by atoms with Gasteiger partial charge in [-0.3, -0.25) is 4.79 Å². The first-order valence-electron chi connectivity index (χ1n) is 2.58. The van der Waals surface area contributed by atoms with E-state index in [0.29, 0.717) is 0 Å². The molecule has 0 radical (unpaired) electrons. The van der Waals surface area contributed by atoms with Gasteiger partial charge in [-0.2, -0.15) is 0 Å². The molecule has 3 heteroatoms. The monoisotopic (exact) mass is 179 g/mol. The molecule has 0 heterocycles. The molecule has 0 spiro atoms. The summed E-state index contributed by atoms with van der Waals surface area (Å²) < 4.78 is 0. The molecule has 2 nitrogen and oxygen atoms in total. The van der Waals surface area contributed by atoms with Crippen LogP contribution in [0.3, 0.4) is 0 Å². The molecule has 0 saturated carbocycles. The Labute approximate surface area is 57.8 Å². The van der Waals surface area contributed by atoms with Crippen LogP contribution >= 0.6 is 15.9 Å². The second kappa shape index (κ2) is 3.89. The van der Waals surface area contributed by atoms with Gasteiger partial charge in [0, 0.05) is 6.92 Å². The molecule has 1 amide bonds. The summed E-state index contributed by atoms with van der Waals surface area (Å²) in [4.78, 5) is 10.4. The molecule has 0 aliphatic rings. The molecule has 1 N–H and O–H groups in total. The maximum Gasteiger partial charge on any atom is 0.217 e. The van der Waals surface area contributed by atoms with E-state index >= 15 is 0 Å². The lowest BCUT2D eigenvalue weighted by Crippen LogP contribution is -2.26. The van der Waals surface area contributed by atoms with E-state index in [1.165, 1.54) is 6.92 Å². The van der Waals surface area contributed by atoms with E-state index in [1.807, 2.05) is 6.92 Å². The van der Waals surface area contributed by atoms with E-state index < -0.39 is 0 Å². The van der Waals surface area contributed by atoms with Gasteiger partial charge in [0.1, 0.15) is 0 Å². The maximum atomic E-state index is 10.3. The summed E-state index contributed by atoms with van der Waals surface area (Å²) in [6, 6.07) is 0. The van der Waals surface area contributed by atoms with Gasteiger partial charge in [0.2, 0.25) is 5.91 Å². The zero-order valence-electron chi connectivity index (χ0n) is 5.07. The fourth-order valence-corrected chi connectivity index (χ4v) is 0.645. The highest BCUT2D eigenvalue weighted by atomic mass is 79.9. The molecule has 1 atom stereocenters. The minimum Gasteiger partial charge on any atom is -0.344 e. The topological polar surface area (TPSA) is 29.1 Å². The molecular formula is C5H10BrNO. The first-order chi connectivity index (χ1) is 3.66. The zero-order valence-corrected chi connectivity index (χ0v) is 6.66. The van der Waals surface area contributed by atoms with Crippen LogP contribution in [-0.4, -0.2) is 10.9 Å². The van der Waals surface area contributed by atoms with Crippen LogP contribution in [0.4, 0.5) is 0 Å². The minimum absolute atomic E-state index is 0.00808. The highest BCUT2D eigenvalue weighted by molar-refractivity contribution is 9.09. The Morgan fingerprint density at radius 1 is 1.88 bits per heavy atom. The third kappa shape index (κ3) is 4.12. The van der Waals surface area contributed by atoms with Crippen LogP contribution in [0.2, 0.25) is 0 Å². The van der Waals surface area contributed by atoms with Gasteiger partial charge in [-0.1, -0.05) is 22.9 Å². The van der Waals surface area contributed by atoms with Crippen molar-refractivity contribution in [2.45, 2.75) is 25.2 Å². The second-order valence-corrected chi connectivity index (χ2v) is 2.68. The van der Waals surface area contributed by atoms with Crippen LogP contribution in [-0.2, 0) is 4.79 Å². The summed E-state index contributed by atoms with van der Waals surface area (Å²) in [5.41, 5.74) is 0. The standard InChI is InChI=1S/C5H10BrNO/c1-3-5(6)7-4(2)8/h5H,3H2,1-2H3,(H,7,8). The van der Waals surface area contributed by atoms with Crippen molar-refractivity contribution in [2.24, 2.45) is 0 Å². The number of carbonyl (C=O) groups excluding carboxylic acids is 1. The Hall–Kier alpha value is -0.0500. The van der Waals surface area contributed by atoms with E-state index in [9.17, 15) is 4.79 Å². The number of carbonyl (C=O) groups is 1. The number of halogens is 1. The van der Waals surface area contributed by atoms with Crippen molar-refractivity contribution in [2.75, 3.05) is 0 Å². The second-order valence-electron chi connectivity index (χ2n) is 1.58. The molecule has 48 valence electrons. The van der Waals surface area contributed by atoms with Crippen LogP contribution in [0.1, 0.15) is 20.3 Å². The lowest BCUT2D eigenvalue weighted by molar-refractivity contribution is -0.119. The van der Waals surface area contributed by atoms with Gasteiger partial charge < -0.3 is 5.32 Å². The summed E-state index contributed by atoms with van der Waals surface area (Å²) in [5.74, 6) is 0.00808. The summed E-state index contributed by atoms with van der Waals surface area (Å²) >= 11 is 3.25. The Kier molecular flexibility index (Phi) is 3.87. The predicted molar refractivity (Wildman–Crippen MR) is 36.8 cm³/mol. The molecule has 0 aromatic rings. The quantitative estimate of drug-likeness (QED) is 0.502. The predicted octanol–water partition coefficient (Wildman–Crippen LogP) is 1.25. The lowest BCUT2D eigenvalue weighted by Gasteiger charge is -2.05. The van der Waals surface area contributed by atoms with Gasteiger partial charge in [-0.25, -0.2) is 0 Å². The summed E-state index contributed by atoms with van der Waals surface area (Å²) in [6.45, 7) is 3.50. The van der Waals surface area contributed by atoms with Crippen LogP contribution in [0, 0.1) is 0 Å². The molecule has 0 bridgehead atoms. The molecule has 0 rings (SSSR count). The van der Waals surface area contributed by atoms with Gasteiger partial charge in [-0.15, -0.1) is 0 Å². The van der Waals surface area contributed by atoms with Crippen LogP contribution in [0.5, 0.6) is 0 Å². The summed E-state index contributed by atoms with van der Waals surface area (Å²) in [7, 11) is 0. The molecular weight excluding hydrogens is 170 g/mol. The van der Waals surface area contributed by atoms with Crippen LogP contribution < -0.4 is 5.32 Å². The number of amides is 1. The third-order valence-electron chi connectivity index (χ3n) is 0.718. The van der Waals surface area contributed by atoms with Gasteiger partial charge >= 0.3 is 0 Å². The van der Waals surface area contributed by atoms with E-state index in [0.717, 1.165) is 6.42 Å². The SMILES string of the molecule is CCC(Br)NC(C)=O. The number of nitrogens with one attached hydrogen (secondary N) is 1. The fourth-order valence-electron chi connectivity index (χ4n) is 0.323. The number of hydrogen-bond donors (Lipinski definition) is 1. The zero-order chi connectivity index (χ0) is 6.57. The van der Waals surface area contributed by atoms with Gasteiger partial charge in [0.25, 0.3) is 0 Å². The molecule has 0 aliphatic carbocycles. The van der Waals surface area contributed by atoms with E-state index in [1.54, 1.807) is 0 Å². The van der Waals surface area contributed by atoms with Crippen molar-refractivity contribution in [1.82, 2.24) is 5.32 Å². The third-order valence-corrected chi connectivity index (χ3v) is 1.59. The molecule has 0 fully saturated rings. The highest BCUT2D eigenvalue weighted by Crippen LogP contribution is 1.97. The van der Waals surface area contributed by atoms with Gasteiger partial charge in [0.15, 0.2) is 0 Å². The van der Waals surface area contributed by atoms with Crippen molar-refractivity contribution >= 4 is 21.8 Å². The van der Waals surface area contributed by atoms with Crippen molar-refractivity contribution in [3.8, 4) is 0 Å². The van der Waals surface area contributed by atoms with Crippen molar-refractivity contribution < 1.29 is 4.79 Å². The minimum atomic E-state index is 0.00808. The number of hydrogen-bond acceptors (Lipinski definition) is 1. The molecule has 1 unspecified atom stereocenters. The Morgan fingerprint density at radius 3 is 2.50 bits per heavy atom. The van der Waals surface area contributed by atoms with Gasteiger partial charge in [-0.05, 0) is 6.42 Å². The average Bonchev–Trinajstić information content (AvgIpc) is 1.65. The van der Waals surface area contributed by atoms with Gasteiger partial charge in [0.05, 0.1) is 4.95 Å². The van der Waals surface area contributed by atoms with Crippen molar-refractivity contribution in [3.63, 3.8) is 0 Å². The largest absolute Gasteiger partial charge is 0.344 e. The van der Waals surface area contributed by atoms with Crippen molar-refractivity contribution in [1.29, 1.82) is 0 Å². The lowest BCUT2D eigenvalue weighted by atomic mass is 10.5. The van der Waals surface area contributed by atoms with Crippen molar-refractivity contribution in [3.05, 3.63) is 0 Å². The fraction of sp³-hybridized carbons (Fsp3) is 0.800. The maximum absolute atomic E-state index is 10.3. The molecule has 0 aromatic carbocycles.